The predicted molar refractivity (Wildman–Crippen MR) is 77.0 cm³/mol. The van der Waals surface area contributed by atoms with Crippen molar-refractivity contribution >= 4 is 11.5 Å². The topological polar surface area (TPSA) is 60.2 Å². The van der Waals surface area contributed by atoms with Gasteiger partial charge in [0.1, 0.15) is 5.82 Å². The second-order valence-electron chi connectivity index (χ2n) is 4.93. The van der Waals surface area contributed by atoms with Crippen LogP contribution in [0.4, 0.5) is 11.5 Å². The van der Waals surface area contributed by atoms with Gasteiger partial charge in [0, 0.05) is 6.54 Å². The largest absolute Gasteiger partial charge is 0.476 e. The minimum absolute atomic E-state index is 0.465. The van der Waals surface area contributed by atoms with Gasteiger partial charge in [0.15, 0.2) is 0 Å². The van der Waals surface area contributed by atoms with E-state index >= 15 is 0 Å². The molecule has 0 fully saturated rings. The highest BCUT2D eigenvalue weighted by Gasteiger charge is 2.05. The molecule has 1 heterocycles. The summed E-state index contributed by atoms with van der Waals surface area (Å²) in [5.41, 5.74) is 6.43. The van der Waals surface area contributed by atoms with E-state index in [1.165, 1.54) is 12.8 Å². The minimum atomic E-state index is 0.465. The summed E-state index contributed by atoms with van der Waals surface area (Å²) in [6.45, 7) is 7.97. The molecule has 102 valence electrons. The molecule has 0 spiro atoms. The summed E-state index contributed by atoms with van der Waals surface area (Å²) in [4.78, 5) is 4.38. The summed E-state index contributed by atoms with van der Waals surface area (Å²) in [6, 6.07) is 3.73. The zero-order valence-electron chi connectivity index (χ0n) is 11.7. The van der Waals surface area contributed by atoms with Crippen molar-refractivity contribution < 1.29 is 4.74 Å². The molecule has 4 nitrogen and oxygen atoms in total. The lowest BCUT2D eigenvalue weighted by atomic mass is 10.2. The molecule has 1 rings (SSSR count). The fourth-order valence-electron chi connectivity index (χ4n) is 1.50. The number of nitrogens with zero attached hydrogens (tertiary/aromatic N) is 1. The number of aromatic nitrogens is 1. The first kappa shape index (κ1) is 14.6. The minimum Gasteiger partial charge on any atom is -0.476 e. The number of nitrogen functional groups attached to an aromatic ring is 1. The Kier molecular flexibility index (Phi) is 6.33. The molecule has 0 unspecified atom stereocenters. The molecule has 0 bridgehead atoms. The molecule has 1 aromatic heterocycles. The van der Waals surface area contributed by atoms with Gasteiger partial charge in [-0.3, -0.25) is 0 Å². The molecule has 3 N–H and O–H groups in total. The number of ether oxygens (including phenoxy) is 1. The molecular formula is C14H25N3O. The van der Waals surface area contributed by atoms with Gasteiger partial charge in [-0.15, -0.1) is 0 Å². The molecule has 18 heavy (non-hydrogen) atoms. The van der Waals surface area contributed by atoms with Crippen LogP contribution in [0.25, 0.3) is 0 Å². The van der Waals surface area contributed by atoms with E-state index in [-0.39, 0.29) is 0 Å². The third-order valence-electron chi connectivity index (χ3n) is 2.53. The SMILES string of the molecule is CCCCCNc1ccc(N)c(OCC(C)C)n1. The first-order valence-electron chi connectivity index (χ1n) is 6.76. The standard InChI is InChI=1S/C14H25N3O/c1-4-5-6-9-16-13-8-7-12(15)14(17-13)18-10-11(2)3/h7-8,11H,4-6,9-10,15H2,1-3H3,(H,16,17). The summed E-state index contributed by atoms with van der Waals surface area (Å²) in [6.07, 6.45) is 3.61. The molecule has 0 aliphatic carbocycles. The van der Waals surface area contributed by atoms with E-state index in [0.29, 0.717) is 24.1 Å². The second-order valence-corrected chi connectivity index (χ2v) is 4.93. The molecular weight excluding hydrogens is 226 g/mol. The van der Waals surface area contributed by atoms with Crippen LogP contribution in [0.2, 0.25) is 0 Å². The summed E-state index contributed by atoms with van der Waals surface area (Å²) in [5, 5.41) is 3.29. The van der Waals surface area contributed by atoms with Gasteiger partial charge in [0.05, 0.1) is 12.3 Å². The highest BCUT2D eigenvalue weighted by Crippen LogP contribution is 2.21. The monoisotopic (exact) mass is 251 g/mol. The Hall–Kier alpha value is -1.45. The van der Waals surface area contributed by atoms with Crippen molar-refractivity contribution in [2.75, 3.05) is 24.2 Å². The van der Waals surface area contributed by atoms with Crippen LogP contribution in [0.5, 0.6) is 5.88 Å². The third-order valence-corrected chi connectivity index (χ3v) is 2.53. The van der Waals surface area contributed by atoms with Crippen LogP contribution in [-0.4, -0.2) is 18.1 Å². The van der Waals surface area contributed by atoms with Gasteiger partial charge in [-0.25, -0.2) is 0 Å². The van der Waals surface area contributed by atoms with Crippen LogP contribution in [0, 0.1) is 5.92 Å². The first-order chi connectivity index (χ1) is 8.63. The molecule has 0 saturated carbocycles. The zero-order chi connectivity index (χ0) is 13.4. The van der Waals surface area contributed by atoms with Crippen LogP contribution < -0.4 is 15.8 Å². The number of rotatable bonds is 8. The lowest BCUT2D eigenvalue weighted by Crippen LogP contribution is -2.09. The number of hydrogen-bond acceptors (Lipinski definition) is 4. The van der Waals surface area contributed by atoms with E-state index in [4.69, 9.17) is 10.5 Å². The fraction of sp³-hybridized carbons (Fsp3) is 0.643. The van der Waals surface area contributed by atoms with Crippen molar-refractivity contribution in [1.82, 2.24) is 4.98 Å². The molecule has 1 aromatic rings. The van der Waals surface area contributed by atoms with Crippen LogP contribution in [0.3, 0.4) is 0 Å². The normalized spacial score (nSPS) is 10.7. The van der Waals surface area contributed by atoms with Gasteiger partial charge in [0.25, 0.3) is 0 Å². The highest BCUT2D eigenvalue weighted by molar-refractivity contribution is 5.53. The zero-order valence-corrected chi connectivity index (χ0v) is 11.7. The van der Waals surface area contributed by atoms with Crippen LogP contribution in [0.15, 0.2) is 12.1 Å². The van der Waals surface area contributed by atoms with Crippen LogP contribution in [-0.2, 0) is 0 Å². The smallest absolute Gasteiger partial charge is 0.239 e. The van der Waals surface area contributed by atoms with Gasteiger partial charge in [-0.05, 0) is 24.5 Å². The Balaban J connectivity index is 2.51. The first-order valence-corrected chi connectivity index (χ1v) is 6.76. The number of anilines is 2. The Morgan fingerprint density at radius 3 is 2.78 bits per heavy atom. The summed E-state index contributed by atoms with van der Waals surface area (Å²) in [7, 11) is 0. The Morgan fingerprint density at radius 1 is 1.33 bits per heavy atom. The van der Waals surface area contributed by atoms with E-state index in [2.05, 4.69) is 31.1 Å². The molecule has 0 amide bonds. The van der Waals surface area contributed by atoms with Crippen LogP contribution >= 0.6 is 0 Å². The maximum absolute atomic E-state index is 5.84. The van der Waals surface area contributed by atoms with E-state index in [1.54, 1.807) is 0 Å². The van der Waals surface area contributed by atoms with Gasteiger partial charge < -0.3 is 15.8 Å². The number of nitrogens with one attached hydrogen (secondary N) is 1. The maximum Gasteiger partial charge on any atom is 0.239 e. The summed E-state index contributed by atoms with van der Waals surface area (Å²) in [5.74, 6) is 1.83. The summed E-state index contributed by atoms with van der Waals surface area (Å²) >= 11 is 0. The average molecular weight is 251 g/mol. The summed E-state index contributed by atoms with van der Waals surface area (Å²) < 4.78 is 5.59. The number of unbranched alkanes of at least 4 members (excludes halogenated alkanes) is 2. The van der Waals surface area contributed by atoms with E-state index in [0.717, 1.165) is 18.8 Å². The van der Waals surface area contributed by atoms with Gasteiger partial charge >= 0.3 is 0 Å². The molecule has 0 saturated heterocycles. The molecule has 4 heteroatoms. The van der Waals surface area contributed by atoms with Crippen molar-refractivity contribution in [1.29, 1.82) is 0 Å². The number of nitrogens with two attached hydrogens (primary N) is 1. The van der Waals surface area contributed by atoms with E-state index in [1.807, 2.05) is 12.1 Å². The highest BCUT2D eigenvalue weighted by atomic mass is 16.5. The Labute approximate surface area is 110 Å². The lowest BCUT2D eigenvalue weighted by Gasteiger charge is -2.12. The number of hydrogen-bond donors (Lipinski definition) is 2. The van der Waals surface area contributed by atoms with E-state index in [9.17, 15) is 0 Å². The van der Waals surface area contributed by atoms with Crippen molar-refractivity contribution in [2.24, 2.45) is 5.92 Å². The second kappa shape index (κ2) is 7.80. The molecule has 0 aliphatic rings. The van der Waals surface area contributed by atoms with Gasteiger partial charge in [-0.1, -0.05) is 33.6 Å². The van der Waals surface area contributed by atoms with E-state index < -0.39 is 0 Å². The average Bonchev–Trinajstić information content (AvgIpc) is 2.34. The fourth-order valence-corrected chi connectivity index (χ4v) is 1.50. The van der Waals surface area contributed by atoms with Crippen molar-refractivity contribution in [2.45, 2.75) is 40.0 Å². The lowest BCUT2D eigenvalue weighted by molar-refractivity contribution is 0.263. The maximum atomic E-state index is 5.84. The Bertz CT molecular complexity index is 353. The van der Waals surface area contributed by atoms with Crippen molar-refractivity contribution in [3.05, 3.63) is 12.1 Å². The molecule has 0 atom stereocenters. The Morgan fingerprint density at radius 2 is 2.11 bits per heavy atom. The van der Waals surface area contributed by atoms with Crippen LogP contribution in [0.1, 0.15) is 40.0 Å². The van der Waals surface area contributed by atoms with Gasteiger partial charge in [0.2, 0.25) is 5.88 Å². The van der Waals surface area contributed by atoms with Gasteiger partial charge in [-0.2, -0.15) is 4.98 Å². The predicted octanol–water partition coefficient (Wildman–Crippen LogP) is 3.30. The quantitative estimate of drug-likeness (QED) is 0.696. The van der Waals surface area contributed by atoms with Crippen molar-refractivity contribution in [3.8, 4) is 5.88 Å². The third kappa shape index (κ3) is 5.25. The number of pyridine rings is 1. The molecule has 0 aliphatic heterocycles. The van der Waals surface area contributed by atoms with Crippen molar-refractivity contribution in [3.63, 3.8) is 0 Å². The molecule has 0 aromatic carbocycles. The molecule has 0 radical (unpaired) electrons.